The van der Waals surface area contributed by atoms with Crippen LogP contribution in [0.25, 0.3) is 0 Å². The van der Waals surface area contributed by atoms with E-state index >= 15 is 0 Å². The summed E-state index contributed by atoms with van der Waals surface area (Å²) in [4.78, 5) is 11.8. The Morgan fingerprint density at radius 1 is 0.273 bits per heavy atom. The number of carbonyl (C=O) groups is 1. The lowest BCUT2D eigenvalue weighted by Gasteiger charge is -2.23. The Morgan fingerprint density at radius 2 is 0.511 bits per heavy atom. The molecule has 0 aromatic carbocycles. The molecule has 0 bridgehead atoms. The van der Waals surface area contributed by atoms with Crippen LogP contribution in [-0.2, 0) is 104 Å². The van der Waals surface area contributed by atoms with Crippen molar-refractivity contribution in [3.8, 4) is 0 Å². The van der Waals surface area contributed by atoms with Crippen LogP contribution in [-0.4, -0.2) is 271 Å². The predicted molar refractivity (Wildman–Crippen MR) is 340 cm³/mol. The predicted octanol–water partition coefficient (Wildman–Crippen LogP) is 9.24. The summed E-state index contributed by atoms with van der Waals surface area (Å²) in [5.74, 6) is -0.157. The summed E-state index contributed by atoms with van der Waals surface area (Å²) in [5.41, 5.74) is 0. The van der Waals surface area contributed by atoms with Crippen molar-refractivity contribution >= 4 is 5.97 Å². The van der Waals surface area contributed by atoms with Crippen LogP contribution in [0.1, 0.15) is 147 Å². The van der Waals surface area contributed by atoms with Gasteiger partial charge in [0.2, 0.25) is 0 Å². The summed E-state index contributed by atoms with van der Waals surface area (Å²) in [6, 6.07) is 0. The van der Waals surface area contributed by atoms with Crippen molar-refractivity contribution < 1.29 is 104 Å². The van der Waals surface area contributed by atoms with Crippen LogP contribution in [0, 0.1) is 0 Å². The second kappa shape index (κ2) is 65.5. The summed E-state index contributed by atoms with van der Waals surface area (Å²) in [6.07, 6.45) is 11.6. The summed E-state index contributed by atoms with van der Waals surface area (Å²) >= 11 is 0. The van der Waals surface area contributed by atoms with Crippen molar-refractivity contribution in [2.45, 2.75) is 214 Å². The molecule has 0 fully saturated rings. The highest BCUT2D eigenvalue weighted by molar-refractivity contribution is 5.69. The molecule has 0 spiro atoms. The fourth-order valence-corrected chi connectivity index (χ4v) is 7.52. The molecule has 0 amide bonds. The van der Waals surface area contributed by atoms with E-state index in [-0.39, 0.29) is 79.7 Å². The monoisotopic (exact) mass is 1270 g/mol. The van der Waals surface area contributed by atoms with Gasteiger partial charge in [0.15, 0.2) is 0 Å². The molecule has 0 radical (unpaired) electrons. The van der Waals surface area contributed by atoms with E-state index in [0.717, 1.165) is 45.1 Å². The molecule has 0 heterocycles. The number of allylic oxidation sites excluding steroid dienone is 1. The molecule has 88 heavy (non-hydrogen) atoms. The molecular formula is C66H130O22. The quantitative estimate of drug-likeness (QED) is 0.0315. The van der Waals surface area contributed by atoms with Crippen molar-refractivity contribution in [3.05, 3.63) is 12.7 Å². The standard InChI is InChI=1S/C66H130O22/c1-14-16-18-19-20-21-22-23-24-66(67)78-43-41-75-39-37-73-35-33-71-31-29-69-27-26-68-28-30-70-32-34-72-36-38-74-40-42-77-56(4)45-80-58(6)47-82-60(8)49-84-62(10)51-86-64(12)53-88-65(13)54-87-63(11)52-85-61(9)50-83-59(7)48-81-57(5)46-79-55(3)44-76-25-17-15-2/h14,55-65H,1,15-54H2,2-13H3. The third kappa shape index (κ3) is 64.5. The van der Waals surface area contributed by atoms with Crippen LogP contribution in [0.15, 0.2) is 12.7 Å². The second-order valence-corrected chi connectivity index (χ2v) is 22.6. The van der Waals surface area contributed by atoms with Crippen LogP contribution >= 0.6 is 0 Å². The number of rotatable bonds is 72. The van der Waals surface area contributed by atoms with E-state index < -0.39 is 0 Å². The molecule has 22 heteroatoms. The minimum atomic E-state index is -0.157. The van der Waals surface area contributed by atoms with Gasteiger partial charge in [-0.1, -0.05) is 45.1 Å². The molecule has 11 unspecified atom stereocenters. The first-order valence-electron chi connectivity index (χ1n) is 33.4. The zero-order valence-electron chi connectivity index (χ0n) is 57.4. The Labute approximate surface area is 533 Å². The molecule has 0 N–H and O–H groups in total. The fourth-order valence-electron chi connectivity index (χ4n) is 7.52. The van der Waals surface area contributed by atoms with Gasteiger partial charge in [0.05, 0.1) is 252 Å². The first kappa shape index (κ1) is 86.4. The van der Waals surface area contributed by atoms with E-state index in [0.29, 0.717) is 191 Å². The average Bonchev–Trinajstić information content (AvgIpc) is 3.52. The topological polar surface area (TPSA) is 211 Å². The highest BCUT2D eigenvalue weighted by atomic mass is 16.6. The van der Waals surface area contributed by atoms with Gasteiger partial charge in [-0.25, -0.2) is 0 Å². The van der Waals surface area contributed by atoms with Crippen molar-refractivity contribution in [3.63, 3.8) is 0 Å². The molecule has 0 aliphatic rings. The van der Waals surface area contributed by atoms with E-state index in [1.165, 1.54) is 19.3 Å². The molecule has 0 saturated carbocycles. The Bertz CT molecular complexity index is 1440. The van der Waals surface area contributed by atoms with Gasteiger partial charge in [0.25, 0.3) is 0 Å². The average molecular weight is 1280 g/mol. The van der Waals surface area contributed by atoms with E-state index in [9.17, 15) is 4.79 Å². The highest BCUT2D eigenvalue weighted by Crippen LogP contribution is 2.11. The zero-order chi connectivity index (χ0) is 64.8. The van der Waals surface area contributed by atoms with Crippen LogP contribution in [0.3, 0.4) is 0 Å². The maximum Gasteiger partial charge on any atom is 0.305 e. The van der Waals surface area contributed by atoms with Crippen LogP contribution < -0.4 is 0 Å². The molecule has 0 aromatic heterocycles. The minimum Gasteiger partial charge on any atom is -0.463 e. The molecule has 22 nitrogen and oxygen atoms in total. The third-order valence-corrected chi connectivity index (χ3v) is 12.9. The Balaban J connectivity index is 3.61. The summed E-state index contributed by atoms with van der Waals surface area (Å²) in [5, 5.41) is 0. The number of carbonyl (C=O) groups excluding carboxylic acids is 1. The third-order valence-electron chi connectivity index (χ3n) is 12.9. The van der Waals surface area contributed by atoms with Crippen LogP contribution in [0.2, 0.25) is 0 Å². The van der Waals surface area contributed by atoms with Gasteiger partial charge in [-0.3, -0.25) is 4.79 Å². The van der Waals surface area contributed by atoms with Crippen LogP contribution in [0.5, 0.6) is 0 Å². The summed E-state index contributed by atoms with van der Waals surface area (Å²) < 4.78 is 121. The first-order chi connectivity index (χ1) is 42.6. The smallest absolute Gasteiger partial charge is 0.305 e. The maximum absolute atomic E-state index is 11.8. The summed E-state index contributed by atoms with van der Waals surface area (Å²) in [7, 11) is 0. The molecule has 0 rings (SSSR count). The molecule has 526 valence electrons. The number of hydrogen-bond acceptors (Lipinski definition) is 22. The maximum atomic E-state index is 11.8. The molecule has 0 aliphatic carbocycles. The lowest BCUT2D eigenvalue weighted by atomic mass is 10.1. The molecule has 0 aliphatic heterocycles. The second-order valence-electron chi connectivity index (χ2n) is 22.6. The lowest BCUT2D eigenvalue weighted by molar-refractivity contribution is -0.145. The fraction of sp³-hybridized carbons (Fsp3) is 0.955. The Kier molecular flexibility index (Phi) is 64.3. The Morgan fingerprint density at radius 3 is 0.795 bits per heavy atom. The van der Waals surface area contributed by atoms with Gasteiger partial charge < -0.3 is 99.5 Å². The van der Waals surface area contributed by atoms with Gasteiger partial charge >= 0.3 is 5.97 Å². The molecular weight excluding hydrogens is 1140 g/mol. The van der Waals surface area contributed by atoms with E-state index in [1.807, 2.05) is 82.2 Å². The number of unbranched alkanes of at least 4 members (excludes halogenated alkanes) is 7. The molecule has 0 saturated heterocycles. The number of ether oxygens (including phenoxy) is 21. The van der Waals surface area contributed by atoms with Gasteiger partial charge in [-0.2, -0.15) is 0 Å². The largest absolute Gasteiger partial charge is 0.463 e. The van der Waals surface area contributed by atoms with Crippen molar-refractivity contribution in [1.29, 1.82) is 0 Å². The van der Waals surface area contributed by atoms with Gasteiger partial charge in [-0.15, -0.1) is 6.58 Å². The van der Waals surface area contributed by atoms with Crippen molar-refractivity contribution in [2.75, 3.05) is 198 Å². The molecule has 11 atom stereocenters. The zero-order valence-corrected chi connectivity index (χ0v) is 57.4. The normalized spacial score (nSPS) is 15.8. The lowest BCUT2D eigenvalue weighted by Crippen LogP contribution is -2.31. The summed E-state index contributed by atoms with van der Waals surface area (Å²) in [6.45, 7) is 41.9. The van der Waals surface area contributed by atoms with E-state index in [1.54, 1.807) is 0 Å². The first-order valence-corrected chi connectivity index (χ1v) is 33.4. The van der Waals surface area contributed by atoms with Gasteiger partial charge in [0.1, 0.15) is 6.61 Å². The Hall–Kier alpha value is -1.59. The van der Waals surface area contributed by atoms with E-state index in [4.69, 9.17) is 99.5 Å². The molecule has 0 aromatic rings. The van der Waals surface area contributed by atoms with Crippen molar-refractivity contribution in [2.24, 2.45) is 0 Å². The van der Waals surface area contributed by atoms with Gasteiger partial charge in [0, 0.05) is 13.0 Å². The van der Waals surface area contributed by atoms with Crippen LogP contribution in [0.4, 0.5) is 0 Å². The van der Waals surface area contributed by atoms with E-state index in [2.05, 4.69) is 13.5 Å². The number of esters is 1. The highest BCUT2D eigenvalue weighted by Gasteiger charge is 2.17. The minimum absolute atomic E-state index is 0.0351. The SMILES string of the molecule is C=CCCCCCCCCC(=O)OCCOCCOCCOCCOCCOCCOCCOCCOCCOC(C)COC(C)COC(C)COC(C)COC(C)COC(C)COC(C)COC(C)COC(C)COC(C)COC(C)COCCCC. The van der Waals surface area contributed by atoms with Gasteiger partial charge in [-0.05, 0) is 102 Å². The van der Waals surface area contributed by atoms with Crippen molar-refractivity contribution in [1.82, 2.24) is 0 Å². The number of hydrogen-bond donors (Lipinski definition) is 0.